The molecule has 0 aromatic carbocycles. The van der Waals surface area contributed by atoms with Crippen LogP contribution in [0.3, 0.4) is 0 Å². The first-order valence-electron chi connectivity index (χ1n) is 12.9. The van der Waals surface area contributed by atoms with Crippen molar-refractivity contribution in [1.82, 2.24) is 0 Å². The van der Waals surface area contributed by atoms with Gasteiger partial charge in [0, 0.05) is 12.5 Å². The summed E-state index contributed by atoms with van der Waals surface area (Å²) < 4.78 is 0. The fraction of sp³-hybridized carbons (Fsp3) is 0.857. The van der Waals surface area contributed by atoms with Gasteiger partial charge in [0.2, 0.25) is 0 Å². The van der Waals surface area contributed by atoms with Crippen LogP contribution in [0.25, 0.3) is 0 Å². The van der Waals surface area contributed by atoms with Crippen LogP contribution in [0.2, 0.25) is 0 Å². The Kier molecular flexibility index (Phi) is 6.32. The number of hydrogen-bond acceptors (Lipinski definition) is 2. The molecular formula is C28H46O2. The third kappa shape index (κ3) is 3.54. The minimum absolute atomic E-state index is 0.0811. The molecule has 0 heterocycles. The molecule has 0 aromatic rings. The molecule has 4 aliphatic rings. The van der Waals surface area contributed by atoms with Crippen molar-refractivity contribution >= 4 is 0 Å². The Bertz CT molecular complexity index is 701. The average Bonchev–Trinajstić information content (AvgIpc) is 3.05. The van der Waals surface area contributed by atoms with Crippen LogP contribution >= 0.6 is 0 Å². The quantitative estimate of drug-likeness (QED) is 0.493. The van der Waals surface area contributed by atoms with Crippen molar-refractivity contribution in [3.8, 4) is 0 Å². The summed E-state index contributed by atoms with van der Waals surface area (Å²) in [5.74, 6) is 3.01. The Hall–Kier alpha value is -0.600. The SMILES string of the molecule is CC(C)=CCC[C@@H](C)[C@H]1CC[C@H]2C3=C(CC[C@]12C)[C@@]1(C)CC[C@H](O)[C@@H](CO)[C@@H]1CC3. The minimum atomic E-state index is -0.304. The standard InChI is InChI=1S/C28H46O2/c1-18(2)7-6-8-19(3)22-11-12-23-20-9-10-24-21(17-29)26(30)14-16-28(24,5)25(20)13-15-27(22,23)4/h7,19,21-24,26,29-30H,6,8-17H2,1-5H3/t19-,21+,22-,23+,24+,26+,27-,28+/m1/s1. The molecule has 2 heteroatoms. The average molecular weight is 415 g/mol. The van der Waals surface area contributed by atoms with Crippen LogP contribution in [0.5, 0.6) is 0 Å². The lowest BCUT2D eigenvalue weighted by Gasteiger charge is -2.57. The van der Waals surface area contributed by atoms with Crippen LogP contribution in [0.4, 0.5) is 0 Å². The maximum Gasteiger partial charge on any atom is 0.0593 e. The molecule has 0 amide bonds. The summed E-state index contributed by atoms with van der Waals surface area (Å²) >= 11 is 0. The number of allylic oxidation sites excluding steroid dienone is 4. The van der Waals surface area contributed by atoms with E-state index in [2.05, 4.69) is 40.7 Å². The van der Waals surface area contributed by atoms with Gasteiger partial charge in [-0.2, -0.15) is 0 Å². The highest BCUT2D eigenvalue weighted by atomic mass is 16.3. The lowest BCUT2D eigenvalue weighted by molar-refractivity contribution is -0.0619. The Morgan fingerprint density at radius 2 is 1.87 bits per heavy atom. The molecule has 0 saturated heterocycles. The van der Waals surface area contributed by atoms with Crippen molar-refractivity contribution in [1.29, 1.82) is 0 Å². The monoisotopic (exact) mass is 414 g/mol. The lowest BCUT2D eigenvalue weighted by atomic mass is 9.48. The molecule has 0 unspecified atom stereocenters. The second kappa shape index (κ2) is 8.39. The van der Waals surface area contributed by atoms with Gasteiger partial charge in [-0.05, 0) is 113 Å². The van der Waals surface area contributed by atoms with Crippen LogP contribution < -0.4 is 0 Å². The van der Waals surface area contributed by atoms with Gasteiger partial charge in [-0.3, -0.25) is 0 Å². The molecule has 0 radical (unpaired) electrons. The molecule has 2 N–H and O–H groups in total. The summed E-state index contributed by atoms with van der Waals surface area (Å²) in [5.41, 5.74) is 5.75. The van der Waals surface area contributed by atoms with E-state index in [-0.39, 0.29) is 24.0 Å². The number of rotatable bonds is 5. The molecule has 0 aromatic heterocycles. The van der Waals surface area contributed by atoms with Gasteiger partial charge >= 0.3 is 0 Å². The van der Waals surface area contributed by atoms with Crippen LogP contribution in [0.15, 0.2) is 22.8 Å². The molecule has 0 aliphatic heterocycles. The number of fused-ring (bicyclic) bond motifs is 4. The van der Waals surface area contributed by atoms with Gasteiger partial charge in [-0.1, -0.05) is 43.6 Å². The Balaban J connectivity index is 1.57. The minimum Gasteiger partial charge on any atom is -0.396 e. The summed E-state index contributed by atoms with van der Waals surface area (Å²) in [6, 6.07) is 0. The second-order valence-corrected chi connectivity index (χ2v) is 12.1. The fourth-order valence-electron chi connectivity index (χ4n) is 8.76. The first kappa shape index (κ1) is 22.6. The zero-order valence-corrected chi connectivity index (χ0v) is 20.2. The largest absolute Gasteiger partial charge is 0.396 e. The van der Waals surface area contributed by atoms with Crippen molar-refractivity contribution in [2.24, 2.45) is 40.4 Å². The zero-order chi connectivity index (χ0) is 21.7. The van der Waals surface area contributed by atoms with Gasteiger partial charge in [0.05, 0.1) is 6.10 Å². The molecule has 2 fully saturated rings. The topological polar surface area (TPSA) is 40.5 Å². The molecular weight excluding hydrogens is 368 g/mol. The highest BCUT2D eigenvalue weighted by Crippen LogP contribution is 2.66. The normalized spacial score (nSPS) is 44.2. The third-order valence-corrected chi connectivity index (χ3v) is 10.4. The van der Waals surface area contributed by atoms with E-state index in [0.717, 1.165) is 30.6 Å². The molecule has 0 bridgehead atoms. The predicted octanol–water partition coefficient (Wildman–Crippen LogP) is 6.67. The molecule has 30 heavy (non-hydrogen) atoms. The first-order valence-corrected chi connectivity index (χ1v) is 12.9. The first-order chi connectivity index (χ1) is 14.2. The second-order valence-electron chi connectivity index (χ2n) is 12.1. The van der Waals surface area contributed by atoms with Crippen LogP contribution in [-0.4, -0.2) is 22.9 Å². The number of aliphatic hydroxyl groups excluding tert-OH is 2. The van der Waals surface area contributed by atoms with Gasteiger partial charge in [-0.15, -0.1) is 0 Å². The van der Waals surface area contributed by atoms with Gasteiger partial charge in [-0.25, -0.2) is 0 Å². The number of hydrogen-bond donors (Lipinski definition) is 2. The van der Waals surface area contributed by atoms with Crippen molar-refractivity contribution in [3.05, 3.63) is 22.8 Å². The van der Waals surface area contributed by atoms with Crippen LogP contribution in [0.1, 0.15) is 98.8 Å². The molecule has 8 atom stereocenters. The van der Waals surface area contributed by atoms with Crippen molar-refractivity contribution in [2.45, 2.75) is 105 Å². The van der Waals surface area contributed by atoms with Crippen LogP contribution in [-0.2, 0) is 0 Å². The smallest absolute Gasteiger partial charge is 0.0593 e. The summed E-state index contributed by atoms with van der Waals surface area (Å²) in [6.45, 7) is 12.2. The molecule has 2 nitrogen and oxygen atoms in total. The number of aliphatic hydroxyl groups is 2. The van der Waals surface area contributed by atoms with E-state index in [9.17, 15) is 10.2 Å². The molecule has 4 aliphatic carbocycles. The highest BCUT2D eigenvalue weighted by Gasteiger charge is 2.57. The predicted molar refractivity (Wildman–Crippen MR) is 125 cm³/mol. The Labute approximate surface area is 185 Å². The van der Waals surface area contributed by atoms with E-state index < -0.39 is 0 Å². The van der Waals surface area contributed by atoms with Gasteiger partial charge in [0.25, 0.3) is 0 Å². The Morgan fingerprint density at radius 3 is 2.57 bits per heavy atom. The summed E-state index contributed by atoms with van der Waals surface area (Å²) in [4.78, 5) is 0. The third-order valence-electron chi connectivity index (χ3n) is 10.4. The van der Waals surface area contributed by atoms with E-state index >= 15 is 0 Å². The maximum absolute atomic E-state index is 10.5. The molecule has 0 spiro atoms. The van der Waals surface area contributed by atoms with E-state index in [0.29, 0.717) is 11.3 Å². The highest BCUT2D eigenvalue weighted by molar-refractivity contribution is 5.35. The van der Waals surface area contributed by atoms with Crippen molar-refractivity contribution in [3.63, 3.8) is 0 Å². The van der Waals surface area contributed by atoms with Crippen molar-refractivity contribution in [2.75, 3.05) is 6.61 Å². The van der Waals surface area contributed by atoms with E-state index in [1.807, 2.05) is 5.57 Å². The van der Waals surface area contributed by atoms with Gasteiger partial charge in [0.15, 0.2) is 0 Å². The molecule has 170 valence electrons. The van der Waals surface area contributed by atoms with Crippen LogP contribution in [0, 0.1) is 40.4 Å². The van der Waals surface area contributed by atoms with Crippen molar-refractivity contribution < 1.29 is 10.2 Å². The molecule has 2 saturated carbocycles. The van der Waals surface area contributed by atoms with E-state index in [4.69, 9.17) is 0 Å². The fourth-order valence-corrected chi connectivity index (χ4v) is 8.76. The summed E-state index contributed by atoms with van der Waals surface area (Å²) in [6.07, 6.45) is 14.5. The van der Waals surface area contributed by atoms with Gasteiger partial charge < -0.3 is 10.2 Å². The molecule has 4 rings (SSSR count). The summed E-state index contributed by atoms with van der Waals surface area (Å²) in [5, 5.41) is 20.6. The lowest BCUT2D eigenvalue weighted by Crippen LogP contribution is -2.50. The maximum atomic E-state index is 10.5. The van der Waals surface area contributed by atoms with E-state index in [1.54, 1.807) is 5.57 Å². The van der Waals surface area contributed by atoms with Gasteiger partial charge in [0.1, 0.15) is 0 Å². The van der Waals surface area contributed by atoms with E-state index in [1.165, 1.54) is 56.9 Å². The summed E-state index contributed by atoms with van der Waals surface area (Å²) in [7, 11) is 0. The Morgan fingerprint density at radius 1 is 1.10 bits per heavy atom. The zero-order valence-electron chi connectivity index (χ0n) is 20.2.